The average Bonchev–Trinajstić information content (AvgIpc) is 0.768. The molecule has 4 fully saturated rings. The predicted molar refractivity (Wildman–Crippen MR) is 507 cm³/mol. The molecular weight excluding hydrogens is 1890 g/mol. The Bertz CT molecular complexity index is 6460. The molecule has 146 heavy (non-hydrogen) atoms. The van der Waals surface area contributed by atoms with Crippen LogP contribution in [-0.2, 0) is 94.7 Å². The second-order valence-electron chi connectivity index (χ2n) is 33.0. The first-order valence-corrected chi connectivity index (χ1v) is 46.1. The molecule has 0 amide bonds. The van der Waals surface area contributed by atoms with E-state index in [9.17, 15) is 44.2 Å². The summed E-state index contributed by atoms with van der Waals surface area (Å²) in [5.74, 6) is -13.2. The largest absolute Gasteiger partial charge is 0.459 e. The van der Waals surface area contributed by atoms with E-state index in [1.807, 2.05) is 0 Å². The summed E-state index contributed by atoms with van der Waals surface area (Å²) < 4.78 is 131. The molecule has 4 saturated heterocycles. The Balaban J connectivity index is 0.826. The van der Waals surface area contributed by atoms with Crippen LogP contribution >= 0.6 is 0 Å². The molecule has 0 spiro atoms. The number of esters is 12. The molecule has 0 radical (unpaired) electrons. The first kappa shape index (κ1) is 102. The third-order valence-electron chi connectivity index (χ3n) is 23.4. The van der Waals surface area contributed by atoms with Crippen molar-refractivity contribution in [1.82, 2.24) is 0 Å². The minimum Gasteiger partial charge on any atom is -0.459 e. The van der Waals surface area contributed by atoms with Gasteiger partial charge in [0.1, 0.15) is 37.1 Å². The summed E-state index contributed by atoms with van der Waals surface area (Å²) in [6.45, 7) is -4.97. The predicted octanol–water partition coefficient (Wildman–Crippen LogP) is 14.0. The Morgan fingerprint density at radius 1 is 0.219 bits per heavy atom. The van der Waals surface area contributed by atoms with Crippen LogP contribution < -0.4 is 0 Å². The van der Waals surface area contributed by atoms with Crippen LogP contribution in [0.5, 0.6) is 0 Å². The molecule has 4 aliphatic heterocycles. The average molecular weight is 1980 g/mol. The van der Waals surface area contributed by atoms with Crippen LogP contribution in [0.25, 0.3) is 10.4 Å². The molecule has 0 bridgehead atoms. The Labute approximate surface area is 833 Å². The normalized spacial score (nSPS) is 23.5. The molecule has 0 aromatic heterocycles. The van der Waals surface area contributed by atoms with Crippen molar-refractivity contribution in [2.45, 2.75) is 123 Å². The third-order valence-corrected chi connectivity index (χ3v) is 23.4. The number of benzene rings is 12. The second kappa shape index (κ2) is 50.3. The highest BCUT2D eigenvalue weighted by atomic mass is 16.8. The van der Waals surface area contributed by atoms with E-state index in [-0.39, 0.29) is 66.8 Å². The van der Waals surface area contributed by atoms with Crippen molar-refractivity contribution < 1.29 is 157 Å². The monoisotopic (exact) mass is 1980 g/mol. The van der Waals surface area contributed by atoms with Gasteiger partial charge in [0, 0.05) is 11.5 Å². The van der Waals surface area contributed by atoms with Crippen LogP contribution in [0, 0.1) is 0 Å². The van der Waals surface area contributed by atoms with E-state index >= 15 is 24.0 Å². The van der Waals surface area contributed by atoms with E-state index in [4.69, 9.17) is 94.7 Å². The van der Waals surface area contributed by atoms with E-state index in [1.54, 1.807) is 97.1 Å². The molecule has 4 aliphatic rings. The van der Waals surface area contributed by atoms with Gasteiger partial charge < -0.3 is 99.8 Å². The highest BCUT2D eigenvalue weighted by molar-refractivity contribution is 5.96. The van der Waals surface area contributed by atoms with Gasteiger partial charge in [-0.05, 0) is 151 Å². The number of ether oxygens (including phenoxy) is 20. The van der Waals surface area contributed by atoms with Crippen molar-refractivity contribution in [3.05, 3.63) is 441 Å². The summed E-state index contributed by atoms with van der Waals surface area (Å²) in [7, 11) is 0. The van der Waals surface area contributed by atoms with E-state index in [0.29, 0.717) is 0 Å². The standard InChI is InChI=1S/C110H93N3O33/c111-113-112-61-62-127-107-92(144-104(124)76-55-31-10-32-56-76)88(140-100(120)72-47-23-6-24-48-72)85(137-97(117)69-41-17-3-18-42-69)81(133-107)65-131-110-94(146-106(126)78-59-35-12-36-60-78)90(142-102(122)74-51-27-8-28-52-74)86(138-98(118)70-43-19-4-20-44-70)82(135-110)66-130-108-91(143-103(123)75-53-29-9-30-54-75)87(139-99(119)71-45-21-5-22-46-71)83(114)79(132-108)63-129-109-93(145-105(125)77-57-33-11-34-58-77)89(141-101(121)73-49-25-7-26-50-73)84(136-96(116)68-39-15-2-16-40-68)80(134-109)64-128-95(115)67-37-13-1-14-38-67/h1-60,79-94,107-110,114H,61-66H2/t79-,80-,81-,82-,83-,84-,85-,86-,87+,88+,89+,90+,91-,92-,93-,94-,107-,108-,109-,110-/m1/s1. The molecule has 36 nitrogen and oxygen atoms in total. The van der Waals surface area contributed by atoms with Crippen LogP contribution in [0.4, 0.5) is 0 Å². The van der Waals surface area contributed by atoms with Crippen LogP contribution in [0.15, 0.2) is 369 Å². The number of carbonyl (C=O) groups excluding carboxylic acids is 12. The zero-order chi connectivity index (χ0) is 102. The van der Waals surface area contributed by atoms with E-state index in [0.717, 1.165) is 0 Å². The quantitative estimate of drug-likeness (QED) is 0.00937. The lowest BCUT2D eigenvalue weighted by molar-refractivity contribution is -0.345. The number of aliphatic hydroxyl groups is 1. The summed E-state index contributed by atoms with van der Waals surface area (Å²) in [6.07, 6.45) is -41.7. The van der Waals surface area contributed by atoms with Crippen molar-refractivity contribution in [1.29, 1.82) is 0 Å². The minimum absolute atomic E-state index is 0.0339. The van der Waals surface area contributed by atoms with Crippen molar-refractivity contribution >= 4 is 71.6 Å². The Kier molecular flexibility index (Phi) is 35.2. The van der Waals surface area contributed by atoms with Gasteiger partial charge in [0.2, 0.25) is 0 Å². The molecular formula is C110H93N3O33. The lowest BCUT2D eigenvalue weighted by atomic mass is 9.96. The van der Waals surface area contributed by atoms with Crippen molar-refractivity contribution in [2.75, 3.05) is 39.6 Å². The highest BCUT2D eigenvalue weighted by Crippen LogP contribution is 2.40. The molecule has 746 valence electrons. The van der Waals surface area contributed by atoms with Gasteiger partial charge in [-0.1, -0.05) is 224 Å². The fourth-order valence-corrected chi connectivity index (χ4v) is 16.1. The molecule has 36 heteroatoms. The summed E-state index contributed by atoms with van der Waals surface area (Å²) in [5, 5.41) is 17.0. The summed E-state index contributed by atoms with van der Waals surface area (Å²) in [5.41, 5.74) is 8.49. The molecule has 20 atom stereocenters. The number of rotatable bonds is 38. The maximum absolute atomic E-state index is 15.4. The van der Waals surface area contributed by atoms with Crippen molar-refractivity contribution in [3.8, 4) is 0 Å². The zero-order valence-electron chi connectivity index (χ0n) is 77.3. The fraction of sp³-hybridized carbons (Fsp3) is 0.236. The van der Waals surface area contributed by atoms with Crippen molar-refractivity contribution in [2.24, 2.45) is 5.11 Å². The molecule has 16 rings (SSSR count). The van der Waals surface area contributed by atoms with Gasteiger partial charge in [0.25, 0.3) is 0 Å². The number of carbonyl (C=O) groups is 12. The molecule has 4 heterocycles. The second-order valence-corrected chi connectivity index (χ2v) is 33.0. The third kappa shape index (κ3) is 26.4. The van der Waals surface area contributed by atoms with E-state index in [2.05, 4.69) is 10.0 Å². The number of nitrogens with zero attached hydrogens (tertiary/aromatic N) is 3. The lowest BCUT2D eigenvalue weighted by Gasteiger charge is -2.47. The molecule has 0 aliphatic carbocycles. The molecule has 12 aromatic rings. The Morgan fingerprint density at radius 3 is 0.616 bits per heavy atom. The maximum Gasteiger partial charge on any atom is 0.338 e. The van der Waals surface area contributed by atoms with Gasteiger partial charge >= 0.3 is 71.6 Å². The highest BCUT2D eigenvalue weighted by Gasteiger charge is 2.60. The Hall–Kier alpha value is -16.8. The topological polar surface area (TPSA) is 458 Å². The first-order valence-electron chi connectivity index (χ1n) is 46.1. The summed E-state index contributed by atoms with van der Waals surface area (Å²) in [4.78, 5) is 182. The maximum atomic E-state index is 15.4. The van der Waals surface area contributed by atoms with Crippen molar-refractivity contribution in [3.63, 3.8) is 0 Å². The fourth-order valence-electron chi connectivity index (χ4n) is 16.1. The SMILES string of the molecule is [N-]=[N+]=NCCO[C@@H]1O[C@H](CO[C@@H]2O[C@H](CO[C@@H]3O[C@H](CO[C@@H]4O[C@H](COC(=O)c5ccccc5)[C@@H](OC(=O)c5ccccc5)[C@H](OC(=O)c5ccccc5)[C@H]4OC(=O)c4ccccc4)[C@@H](O)[C@H](OC(=O)c4ccccc4)[C@H]3OC(=O)c3ccccc3)[C@@H](OC(=O)c3ccccc3)[C@H](OC(=O)c3ccccc3)[C@H]2OC(=O)c2ccccc2)[C@@H](OC(=O)c2ccccc2)[C@H](OC(=O)c2ccccc2)[C@H]1OC(=O)c1ccccc1. The smallest absolute Gasteiger partial charge is 0.338 e. The molecule has 12 aromatic carbocycles. The molecule has 0 unspecified atom stereocenters. The van der Waals surface area contributed by atoms with Gasteiger partial charge in [0.05, 0.1) is 93.2 Å². The lowest BCUT2D eigenvalue weighted by Crippen LogP contribution is -2.66. The number of azide groups is 1. The minimum atomic E-state index is -2.29. The number of aliphatic hydroxyl groups excluding tert-OH is 1. The van der Waals surface area contributed by atoms with Crippen LogP contribution in [-0.4, -0.2) is 239 Å². The number of hydrogen-bond donors (Lipinski definition) is 1. The zero-order valence-corrected chi connectivity index (χ0v) is 77.3. The van der Waals surface area contributed by atoms with Gasteiger partial charge in [-0.25, -0.2) is 57.5 Å². The number of hydrogen-bond acceptors (Lipinski definition) is 34. The Morgan fingerprint density at radius 2 is 0.390 bits per heavy atom. The van der Waals surface area contributed by atoms with Gasteiger partial charge in [-0.15, -0.1) is 0 Å². The van der Waals surface area contributed by atoms with E-state index in [1.165, 1.54) is 267 Å². The molecule has 1 N–H and O–H groups in total. The van der Waals surface area contributed by atoms with Crippen LogP contribution in [0.3, 0.4) is 0 Å². The van der Waals surface area contributed by atoms with Crippen LogP contribution in [0.1, 0.15) is 124 Å². The van der Waals surface area contributed by atoms with Gasteiger partial charge in [-0.2, -0.15) is 0 Å². The van der Waals surface area contributed by atoms with Gasteiger partial charge in [0.15, 0.2) is 92.3 Å². The van der Waals surface area contributed by atoms with E-state index < -0.39 is 234 Å². The van der Waals surface area contributed by atoms with Crippen LogP contribution in [0.2, 0.25) is 0 Å². The summed E-state index contributed by atoms with van der Waals surface area (Å²) >= 11 is 0. The summed E-state index contributed by atoms with van der Waals surface area (Å²) in [6, 6.07) is 89.2. The molecule has 0 saturated carbocycles. The first-order chi connectivity index (χ1) is 71.3. The van der Waals surface area contributed by atoms with Gasteiger partial charge in [-0.3, -0.25) is 0 Å².